The summed E-state index contributed by atoms with van der Waals surface area (Å²) in [4.78, 5) is 12.4. The maximum Gasteiger partial charge on any atom is 0.248 e. The number of nitrogens with one attached hydrogen (secondary N) is 1. The van der Waals surface area contributed by atoms with Gasteiger partial charge in [-0.15, -0.1) is 0 Å². The van der Waals surface area contributed by atoms with Crippen molar-refractivity contribution in [2.75, 3.05) is 5.32 Å². The summed E-state index contributed by atoms with van der Waals surface area (Å²) in [7, 11) is 0. The highest BCUT2D eigenvalue weighted by atomic mass is 35.5. The van der Waals surface area contributed by atoms with E-state index in [1.165, 1.54) is 0 Å². The molecule has 2 aromatic carbocycles. The number of anilines is 1. The monoisotopic (exact) mass is 341 g/mol. The van der Waals surface area contributed by atoms with Crippen LogP contribution in [0.2, 0.25) is 5.02 Å². The number of rotatable bonds is 5. The second-order valence-electron chi connectivity index (χ2n) is 6.50. The van der Waals surface area contributed by atoms with Crippen LogP contribution in [-0.4, -0.2) is 5.91 Å². The van der Waals surface area contributed by atoms with Crippen LogP contribution in [0.15, 0.2) is 48.5 Å². The molecule has 2 nitrogen and oxygen atoms in total. The zero-order chi connectivity index (χ0) is 17.7. The lowest BCUT2D eigenvalue weighted by atomic mass is 9.92. The van der Waals surface area contributed by atoms with Gasteiger partial charge in [0.2, 0.25) is 5.91 Å². The molecule has 2 aromatic rings. The fraction of sp³-hybridized carbons (Fsp3) is 0.286. The number of amides is 1. The molecule has 0 fully saturated rings. The first-order chi connectivity index (χ1) is 11.4. The molecule has 0 aliphatic heterocycles. The van der Waals surface area contributed by atoms with E-state index in [9.17, 15) is 4.79 Å². The Kier molecular flexibility index (Phi) is 6.22. The van der Waals surface area contributed by atoms with Crippen molar-refractivity contribution in [2.45, 2.75) is 39.5 Å². The first-order valence-electron chi connectivity index (χ1n) is 8.26. The quantitative estimate of drug-likeness (QED) is 0.641. The van der Waals surface area contributed by atoms with Gasteiger partial charge in [-0.3, -0.25) is 4.79 Å². The third kappa shape index (κ3) is 4.72. The number of hydrogen-bond acceptors (Lipinski definition) is 1. The lowest BCUT2D eigenvalue weighted by molar-refractivity contribution is -0.111. The van der Waals surface area contributed by atoms with Crippen LogP contribution in [0.3, 0.4) is 0 Å². The third-order valence-corrected chi connectivity index (χ3v) is 4.17. The standard InChI is InChI=1S/C21H24ClNO/c1-14(2)18-6-5-7-19(15(3)4)21(18)23-20(24)13-10-16-8-11-17(22)12-9-16/h5-15H,1-4H3,(H,23,24). The normalized spacial score (nSPS) is 11.5. The highest BCUT2D eigenvalue weighted by Crippen LogP contribution is 2.32. The molecular formula is C21H24ClNO. The molecule has 0 saturated heterocycles. The molecule has 0 spiro atoms. The van der Waals surface area contributed by atoms with Crippen molar-refractivity contribution >= 4 is 29.3 Å². The molecule has 0 bridgehead atoms. The maximum atomic E-state index is 12.4. The van der Waals surface area contributed by atoms with Gasteiger partial charge in [0.15, 0.2) is 0 Å². The van der Waals surface area contributed by atoms with E-state index in [1.54, 1.807) is 12.2 Å². The Morgan fingerprint density at radius 2 is 1.50 bits per heavy atom. The molecule has 0 aliphatic rings. The predicted molar refractivity (Wildman–Crippen MR) is 104 cm³/mol. The average molecular weight is 342 g/mol. The van der Waals surface area contributed by atoms with Gasteiger partial charge in [0.25, 0.3) is 0 Å². The Bertz CT molecular complexity index is 704. The zero-order valence-corrected chi connectivity index (χ0v) is 15.4. The zero-order valence-electron chi connectivity index (χ0n) is 14.6. The highest BCUT2D eigenvalue weighted by Gasteiger charge is 2.14. The Morgan fingerprint density at radius 3 is 2.00 bits per heavy atom. The summed E-state index contributed by atoms with van der Waals surface area (Å²) in [6.07, 6.45) is 3.35. The van der Waals surface area contributed by atoms with Gasteiger partial charge in [0.05, 0.1) is 0 Å². The van der Waals surface area contributed by atoms with Crippen LogP contribution in [0.1, 0.15) is 56.2 Å². The van der Waals surface area contributed by atoms with E-state index in [-0.39, 0.29) is 5.91 Å². The number of carbonyl (C=O) groups excluding carboxylic acids is 1. The number of hydrogen-bond donors (Lipinski definition) is 1. The summed E-state index contributed by atoms with van der Waals surface area (Å²) >= 11 is 5.87. The van der Waals surface area contributed by atoms with E-state index in [4.69, 9.17) is 11.6 Å². The van der Waals surface area contributed by atoms with Crippen LogP contribution >= 0.6 is 11.6 Å². The molecule has 24 heavy (non-hydrogen) atoms. The van der Waals surface area contributed by atoms with Crippen molar-refractivity contribution in [1.29, 1.82) is 0 Å². The first-order valence-corrected chi connectivity index (χ1v) is 8.63. The van der Waals surface area contributed by atoms with E-state index >= 15 is 0 Å². The minimum atomic E-state index is -0.125. The lowest BCUT2D eigenvalue weighted by Gasteiger charge is -2.19. The Balaban J connectivity index is 2.23. The van der Waals surface area contributed by atoms with Crippen molar-refractivity contribution in [3.63, 3.8) is 0 Å². The molecule has 0 atom stereocenters. The van der Waals surface area contributed by atoms with Gasteiger partial charge in [-0.1, -0.05) is 69.6 Å². The molecule has 0 aliphatic carbocycles. The van der Waals surface area contributed by atoms with E-state index < -0.39 is 0 Å². The molecule has 0 aromatic heterocycles. The van der Waals surface area contributed by atoms with Gasteiger partial charge < -0.3 is 5.32 Å². The van der Waals surface area contributed by atoms with Crippen molar-refractivity contribution in [3.8, 4) is 0 Å². The maximum absolute atomic E-state index is 12.4. The predicted octanol–water partition coefficient (Wildman–Crippen LogP) is 6.24. The van der Waals surface area contributed by atoms with Gasteiger partial charge in [-0.2, -0.15) is 0 Å². The van der Waals surface area contributed by atoms with Crippen LogP contribution in [0.5, 0.6) is 0 Å². The third-order valence-electron chi connectivity index (χ3n) is 3.92. The van der Waals surface area contributed by atoms with Gasteiger partial charge >= 0.3 is 0 Å². The Labute approximate surface area is 149 Å². The van der Waals surface area contributed by atoms with Crippen molar-refractivity contribution in [1.82, 2.24) is 0 Å². The summed E-state index contributed by atoms with van der Waals surface area (Å²) in [6.45, 7) is 8.55. The second kappa shape index (κ2) is 8.16. The summed E-state index contributed by atoms with van der Waals surface area (Å²) in [6, 6.07) is 13.6. The summed E-state index contributed by atoms with van der Waals surface area (Å²) in [5, 5.41) is 3.76. The fourth-order valence-corrected chi connectivity index (χ4v) is 2.73. The first kappa shape index (κ1) is 18.3. The summed E-state index contributed by atoms with van der Waals surface area (Å²) in [5.41, 5.74) is 4.20. The second-order valence-corrected chi connectivity index (χ2v) is 6.93. The van der Waals surface area contributed by atoms with Crippen LogP contribution in [-0.2, 0) is 4.79 Å². The molecule has 126 valence electrons. The van der Waals surface area contributed by atoms with Crippen LogP contribution in [0.4, 0.5) is 5.69 Å². The van der Waals surface area contributed by atoms with E-state index in [0.717, 1.165) is 22.4 Å². The van der Waals surface area contributed by atoms with Crippen molar-refractivity contribution in [3.05, 3.63) is 70.3 Å². The van der Waals surface area contributed by atoms with Crippen LogP contribution in [0, 0.1) is 0 Å². The molecule has 1 amide bonds. The SMILES string of the molecule is CC(C)c1cccc(C(C)C)c1NC(=O)C=Cc1ccc(Cl)cc1. The number of para-hydroxylation sites is 1. The number of benzene rings is 2. The summed E-state index contributed by atoms with van der Waals surface area (Å²) < 4.78 is 0. The molecule has 2 rings (SSSR count). The van der Waals surface area contributed by atoms with Crippen LogP contribution < -0.4 is 5.32 Å². The van der Waals surface area contributed by atoms with Crippen molar-refractivity contribution in [2.24, 2.45) is 0 Å². The largest absolute Gasteiger partial charge is 0.322 e. The molecular weight excluding hydrogens is 318 g/mol. The molecule has 0 unspecified atom stereocenters. The van der Waals surface area contributed by atoms with Gasteiger partial charge in [0.1, 0.15) is 0 Å². The van der Waals surface area contributed by atoms with E-state index in [1.807, 2.05) is 24.3 Å². The van der Waals surface area contributed by atoms with Gasteiger partial charge in [-0.25, -0.2) is 0 Å². The molecule has 1 N–H and O–H groups in total. The number of carbonyl (C=O) groups is 1. The van der Waals surface area contributed by atoms with Crippen LogP contribution in [0.25, 0.3) is 6.08 Å². The minimum absolute atomic E-state index is 0.125. The highest BCUT2D eigenvalue weighted by molar-refractivity contribution is 6.30. The van der Waals surface area contributed by atoms with Gasteiger partial charge in [0, 0.05) is 16.8 Å². The molecule has 3 heteroatoms. The molecule has 0 radical (unpaired) electrons. The minimum Gasteiger partial charge on any atom is -0.322 e. The van der Waals surface area contributed by atoms with Gasteiger partial charge in [-0.05, 0) is 46.7 Å². The lowest BCUT2D eigenvalue weighted by Crippen LogP contribution is -2.13. The summed E-state index contributed by atoms with van der Waals surface area (Å²) in [5.74, 6) is 0.568. The fourth-order valence-electron chi connectivity index (χ4n) is 2.61. The topological polar surface area (TPSA) is 29.1 Å². The number of halogens is 1. The Morgan fingerprint density at radius 1 is 0.958 bits per heavy atom. The van der Waals surface area contributed by atoms with E-state index in [2.05, 4.69) is 51.2 Å². The molecule has 0 heterocycles. The van der Waals surface area contributed by atoms with Crippen molar-refractivity contribution < 1.29 is 4.79 Å². The smallest absolute Gasteiger partial charge is 0.248 e. The molecule has 0 saturated carbocycles. The Hall–Kier alpha value is -2.06. The average Bonchev–Trinajstić information content (AvgIpc) is 2.54. The van der Waals surface area contributed by atoms with E-state index in [0.29, 0.717) is 16.9 Å².